The molecular formula is C17H17N3O2S. The zero-order chi connectivity index (χ0) is 16.7. The summed E-state index contributed by atoms with van der Waals surface area (Å²) in [6, 6.07) is 17.1. The third-order valence-corrected chi connectivity index (χ3v) is 3.32. The van der Waals surface area contributed by atoms with Crippen molar-refractivity contribution in [1.29, 1.82) is 0 Å². The van der Waals surface area contributed by atoms with Gasteiger partial charge in [0, 0.05) is 12.0 Å². The van der Waals surface area contributed by atoms with Gasteiger partial charge in [-0.15, -0.1) is 0 Å². The molecule has 118 valence electrons. The summed E-state index contributed by atoms with van der Waals surface area (Å²) in [6.07, 6.45) is 0.316. The summed E-state index contributed by atoms with van der Waals surface area (Å²) in [5.74, 6) is -0.554. The molecule has 23 heavy (non-hydrogen) atoms. The lowest BCUT2D eigenvalue weighted by Crippen LogP contribution is -2.48. The van der Waals surface area contributed by atoms with E-state index in [4.69, 9.17) is 12.2 Å². The minimum atomic E-state index is -0.335. The summed E-state index contributed by atoms with van der Waals surface area (Å²) in [4.78, 5) is 23.2. The topological polar surface area (TPSA) is 70.2 Å². The Morgan fingerprint density at radius 2 is 1.52 bits per heavy atom. The number of thiocarbonyl (C=S) groups is 1. The molecule has 0 unspecified atom stereocenters. The van der Waals surface area contributed by atoms with Gasteiger partial charge in [0.25, 0.3) is 5.91 Å². The first kappa shape index (κ1) is 16.6. The molecule has 0 fully saturated rings. The second-order valence-electron chi connectivity index (χ2n) is 4.75. The number of hydrogen-bond donors (Lipinski definition) is 3. The first-order valence-electron chi connectivity index (χ1n) is 7.16. The highest BCUT2D eigenvalue weighted by molar-refractivity contribution is 7.80. The van der Waals surface area contributed by atoms with E-state index >= 15 is 0 Å². The Morgan fingerprint density at radius 1 is 0.913 bits per heavy atom. The predicted molar refractivity (Wildman–Crippen MR) is 93.5 cm³/mol. The molecule has 0 radical (unpaired) electrons. The van der Waals surface area contributed by atoms with Crippen LogP contribution in [0.2, 0.25) is 0 Å². The predicted octanol–water partition coefficient (Wildman–Crippen LogP) is 2.40. The summed E-state index contributed by atoms with van der Waals surface area (Å²) in [6.45, 7) is 1.71. The Hall–Kier alpha value is -2.73. The Morgan fingerprint density at radius 3 is 2.13 bits per heavy atom. The highest BCUT2D eigenvalue weighted by Crippen LogP contribution is 2.19. The maximum absolute atomic E-state index is 12.0. The van der Waals surface area contributed by atoms with Crippen molar-refractivity contribution < 1.29 is 9.59 Å². The van der Waals surface area contributed by atoms with Crippen LogP contribution in [0.1, 0.15) is 23.7 Å². The third kappa shape index (κ3) is 4.89. The monoisotopic (exact) mass is 327 g/mol. The number of benzene rings is 2. The number of amides is 2. The lowest BCUT2D eigenvalue weighted by Gasteiger charge is -2.10. The molecule has 2 aromatic rings. The first-order chi connectivity index (χ1) is 11.1. The van der Waals surface area contributed by atoms with Crippen molar-refractivity contribution in [3.8, 4) is 11.1 Å². The van der Waals surface area contributed by atoms with E-state index in [0.717, 1.165) is 11.1 Å². The van der Waals surface area contributed by atoms with Crippen LogP contribution in [0.15, 0.2) is 54.6 Å². The minimum absolute atomic E-state index is 0.0612. The Labute approximate surface area is 140 Å². The van der Waals surface area contributed by atoms with E-state index in [1.54, 1.807) is 19.1 Å². The van der Waals surface area contributed by atoms with Gasteiger partial charge >= 0.3 is 0 Å². The third-order valence-electron chi connectivity index (χ3n) is 3.12. The summed E-state index contributed by atoms with van der Waals surface area (Å²) < 4.78 is 0. The Kier molecular flexibility index (Phi) is 5.82. The maximum Gasteiger partial charge on any atom is 0.269 e. The van der Waals surface area contributed by atoms with E-state index in [1.165, 1.54) is 0 Å². The number of rotatable bonds is 3. The molecule has 5 nitrogen and oxygen atoms in total. The van der Waals surface area contributed by atoms with Gasteiger partial charge in [0.15, 0.2) is 5.11 Å². The minimum Gasteiger partial charge on any atom is -0.302 e. The average molecular weight is 327 g/mol. The van der Waals surface area contributed by atoms with Crippen LogP contribution in [0.3, 0.4) is 0 Å². The van der Waals surface area contributed by atoms with Crippen molar-refractivity contribution in [3.05, 3.63) is 60.2 Å². The van der Waals surface area contributed by atoms with Gasteiger partial charge in [-0.3, -0.25) is 20.4 Å². The zero-order valence-electron chi connectivity index (χ0n) is 12.6. The van der Waals surface area contributed by atoms with Crippen LogP contribution in [0.25, 0.3) is 11.1 Å². The van der Waals surface area contributed by atoms with E-state index in [1.807, 2.05) is 42.5 Å². The van der Waals surface area contributed by atoms with Crippen molar-refractivity contribution in [2.24, 2.45) is 0 Å². The summed E-state index contributed by atoms with van der Waals surface area (Å²) in [5.41, 5.74) is 7.54. The number of carbonyl (C=O) groups is 2. The van der Waals surface area contributed by atoms with Crippen molar-refractivity contribution in [1.82, 2.24) is 16.2 Å². The first-order valence-corrected chi connectivity index (χ1v) is 7.56. The molecule has 0 saturated heterocycles. The van der Waals surface area contributed by atoms with Crippen molar-refractivity contribution in [2.45, 2.75) is 13.3 Å². The molecule has 2 aromatic carbocycles. The van der Waals surface area contributed by atoms with E-state index in [9.17, 15) is 9.59 Å². The van der Waals surface area contributed by atoms with Gasteiger partial charge in [0.05, 0.1) is 0 Å². The highest BCUT2D eigenvalue weighted by atomic mass is 32.1. The van der Waals surface area contributed by atoms with Crippen LogP contribution >= 0.6 is 12.2 Å². The molecule has 0 aliphatic carbocycles. The summed E-state index contributed by atoms with van der Waals surface area (Å²) in [7, 11) is 0. The Bertz CT molecular complexity index is 700. The number of hydrazine groups is 1. The van der Waals surface area contributed by atoms with E-state index in [0.29, 0.717) is 12.0 Å². The fraction of sp³-hybridized carbons (Fsp3) is 0.118. The standard InChI is InChI=1S/C17H17N3O2S/c1-2-15(21)18-17(23)20-19-16(22)14-10-8-13(9-11-14)12-6-4-3-5-7-12/h3-11H,2H2,1H3,(H,19,22)(H2,18,20,21,23). The lowest BCUT2D eigenvalue weighted by atomic mass is 10.0. The zero-order valence-corrected chi connectivity index (χ0v) is 13.4. The average Bonchev–Trinajstić information content (AvgIpc) is 2.60. The van der Waals surface area contributed by atoms with Crippen molar-refractivity contribution >= 4 is 29.1 Å². The SMILES string of the molecule is CCC(=O)NC(=S)NNC(=O)c1ccc(-c2ccccc2)cc1. The van der Waals surface area contributed by atoms with Gasteiger partial charge in [0.1, 0.15) is 0 Å². The van der Waals surface area contributed by atoms with Gasteiger partial charge in [-0.1, -0.05) is 49.4 Å². The highest BCUT2D eigenvalue weighted by Gasteiger charge is 2.07. The van der Waals surface area contributed by atoms with Crippen LogP contribution in [0.4, 0.5) is 0 Å². The quantitative estimate of drug-likeness (QED) is 0.598. The summed E-state index contributed by atoms with van der Waals surface area (Å²) >= 11 is 4.89. The number of nitrogens with one attached hydrogen (secondary N) is 3. The second kappa shape index (κ2) is 8.05. The smallest absolute Gasteiger partial charge is 0.269 e. The van der Waals surface area contributed by atoms with Gasteiger partial charge in [-0.05, 0) is 35.5 Å². The normalized spacial score (nSPS) is 9.78. The van der Waals surface area contributed by atoms with Crippen LogP contribution < -0.4 is 16.2 Å². The van der Waals surface area contributed by atoms with Crippen molar-refractivity contribution in [3.63, 3.8) is 0 Å². The van der Waals surface area contributed by atoms with Crippen LogP contribution in [0.5, 0.6) is 0 Å². The summed E-state index contributed by atoms with van der Waals surface area (Å²) in [5, 5.41) is 2.49. The molecule has 6 heteroatoms. The fourth-order valence-corrected chi connectivity index (χ4v) is 2.04. The van der Waals surface area contributed by atoms with Crippen LogP contribution in [-0.2, 0) is 4.79 Å². The van der Waals surface area contributed by atoms with Gasteiger partial charge in [-0.25, -0.2) is 0 Å². The van der Waals surface area contributed by atoms with Gasteiger partial charge in [-0.2, -0.15) is 0 Å². The largest absolute Gasteiger partial charge is 0.302 e. The molecule has 2 rings (SSSR count). The molecule has 3 N–H and O–H groups in total. The number of carbonyl (C=O) groups excluding carboxylic acids is 2. The van der Waals surface area contributed by atoms with E-state index < -0.39 is 0 Å². The van der Waals surface area contributed by atoms with E-state index in [2.05, 4.69) is 16.2 Å². The molecule has 0 heterocycles. The maximum atomic E-state index is 12.0. The van der Waals surface area contributed by atoms with Crippen LogP contribution in [-0.4, -0.2) is 16.9 Å². The second-order valence-corrected chi connectivity index (χ2v) is 5.16. The molecule has 0 saturated carbocycles. The molecule has 0 atom stereocenters. The van der Waals surface area contributed by atoms with Crippen LogP contribution in [0, 0.1) is 0 Å². The fourth-order valence-electron chi connectivity index (χ4n) is 1.88. The molecule has 0 bridgehead atoms. The van der Waals surface area contributed by atoms with Gasteiger partial charge < -0.3 is 5.32 Å². The number of hydrogen-bond acceptors (Lipinski definition) is 3. The molecule has 0 aliphatic heterocycles. The van der Waals surface area contributed by atoms with E-state index in [-0.39, 0.29) is 16.9 Å². The van der Waals surface area contributed by atoms with Gasteiger partial charge in [0.2, 0.25) is 5.91 Å². The molecule has 2 amide bonds. The molecule has 0 spiro atoms. The molecule has 0 aliphatic rings. The molecular weight excluding hydrogens is 310 g/mol. The Balaban J connectivity index is 1.93. The lowest BCUT2D eigenvalue weighted by molar-refractivity contribution is -0.119. The molecule has 0 aromatic heterocycles. The van der Waals surface area contributed by atoms with Crippen molar-refractivity contribution in [2.75, 3.05) is 0 Å².